The molecule has 1 aliphatic heterocycles. The minimum atomic E-state index is -0.396. The second-order valence-corrected chi connectivity index (χ2v) is 7.59. The summed E-state index contributed by atoms with van der Waals surface area (Å²) in [5.74, 6) is -0.595. The van der Waals surface area contributed by atoms with Crippen molar-refractivity contribution in [2.24, 2.45) is 0 Å². The van der Waals surface area contributed by atoms with E-state index in [1.165, 1.54) is 12.3 Å². The van der Waals surface area contributed by atoms with Gasteiger partial charge in [-0.15, -0.1) is 0 Å². The molecule has 2 aromatic carbocycles. The lowest BCUT2D eigenvalue weighted by Crippen LogP contribution is -2.48. The molecular weight excluding hydrogens is 416 g/mol. The summed E-state index contributed by atoms with van der Waals surface area (Å²) in [6.45, 7) is 1.46. The number of para-hydroxylation sites is 2. The zero-order chi connectivity index (χ0) is 21.8. The summed E-state index contributed by atoms with van der Waals surface area (Å²) in [6.07, 6.45) is 1.66. The molecule has 4 rings (SSSR count). The Morgan fingerprint density at radius 3 is 2.68 bits per heavy atom. The number of ketones is 1. The molecule has 7 nitrogen and oxygen atoms in total. The fourth-order valence-corrected chi connectivity index (χ4v) is 3.67. The molecule has 0 atom stereocenters. The maximum Gasteiger partial charge on any atom is 0.272 e. The number of anilines is 2. The molecule has 2 amide bonds. The van der Waals surface area contributed by atoms with Gasteiger partial charge in [-0.2, -0.15) is 0 Å². The van der Waals surface area contributed by atoms with Gasteiger partial charge in [0.2, 0.25) is 5.91 Å². The third-order valence-electron chi connectivity index (χ3n) is 5.09. The maximum absolute atomic E-state index is 12.8. The Bertz CT molecular complexity index is 1140. The van der Waals surface area contributed by atoms with Crippen LogP contribution in [-0.4, -0.2) is 42.2 Å². The minimum absolute atomic E-state index is 0.0553. The van der Waals surface area contributed by atoms with E-state index >= 15 is 0 Å². The molecule has 0 spiro atoms. The van der Waals surface area contributed by atoms with Crippen LogP contribution in [0.2, 0.25) is 5.02 Å². The Hall–Kier alpha value is -3.42. The zero-order valence-electron chi connectivity index (χ0n) is 16.7. The van der Waals surface area contributed by atoms with Gasteiger partial charge in [0.05, 0.1) is 17.9 Å². The summed E-state index contributed by atoms with van der Waals surface area (Å²) in [4.78, 5) is 42.1. The van der Waals surface area contributed by atoms with E-state index in [4.69, 9.17) is 11.6 Å². The van der Waals surface area contributed by atoms with Crippen molar-refractivity contribution in [1.29, 1.82) is 0 Å². The molecule has 1 aromatic heterocycles. The first-order valence-electron chi connectivity index (χ1n) is 9.89. The number of nitrogens with one attached hydrogen (secondary N) is 3. The van der Waals surface area contributed by atoms with Gasteiger partial charge in [0.25, 0.3) is 5.91 Å². The van der Waals surface area contributed by atoms with Crippen LogP contribution < -0.4 is 15.5 Å². The average molecular weight is 437 g/mol. The third-order valence-corrected chi connectivity index (χ3v) is 5.46. The van der Waals surface area contributed by atoms with Gasteiger partial charge in [-0.05, 0) is 29.8 Å². The van der Waals surface area contributed by atoms with Gasteiger partial charge in [0, 0.05) is 36.3 Å². The molecule has 2 heterocycles. The first-order valence-corrected chi connectivity index (χ1v) is 10.3. The van der Waals surface area contributed by atoms with Crippen molar-refractivity contribution in [2.75, 3.05) is 29.9 Å². The molecule has 1 fully saturated rings. The van der Waals surface area contributed by atoms with Crippen LogP contribution in [0, 0.1) is 0 Å². The van der Waals surface area contributed by atoms with Crippen molar-refractivity contribution in [3.05, 3.63) is 82.6 Å². The van der Waals surface area contributed by atoms with Crippen molar-refractivity contribution in [3.8, 4) is 0 Å². The second kappa shape index (κ2) is 9.16. The van der Waals surface area contributed by atoms with E-state index in [0.29, 0.717) is 35.1 Å². The lowest BCUT2D eigenvalue weighted by atomic mass is 10.1. The Morgan fingerprint density at radius 2 is 1.87 bits per heavy atom. The number of halogens is 1. The summed E-state index contributed by atoms with van der Waals surface area (Å²) in [6, 6.07) is 15.8. The van der Waals surface area contributed by atoms with Gasteiger partial charge in [0.15, 0.2) is 5.78 Å². The number of hydrogen-bond acceptors (Lipinski definition) is 4. The molecule has 0 saturated carbocycles. The summed E-state index contributed by atoms with van der Waals surface area (Å²) in [5.41, 5.74) is 2.56. The van der Waals surface area contributed by atoms with Crippen molar-refractivity contribution in [2.45, 2.75) is 6.42 Å². The van der Waals surface area contributed by atoms with Crippen molar-refractivity contribution in [3.63, 3.8) is 0 Å². The average Bonchev–Trinajstić information content (AvgIpc) is 3.27. The van der Waals surface area contributed by atoms with Crippen molar-refractivity contribution >= 4 is 40.6 Å². The van der Waals surface area contributed by atoms with Gasteiger partial charge in [0.1, 0.15) is 5.69 Å². The SMILES string of the molecule is O=C(Cc1ccccc1Cl)c1c[nH]c(C(=O)Nc2ccccc2N2CCNCC2=O)c1. The van der Waals surface area contributed by atoms with Gasteiger partial charge >= 0.3 is 0 Å². The molecule has 0 aliphatic carbocycles. The number of piperazine rings is 1. The number of benzene rings is 2. The molecule has 1 saturated heterocycles. The number of aromatic nitrogens is 1. The van der Waals surface area contributed by atoms with Crippen LogP contribution in [-0.2, 0) is 11.2 Å². The first kappa shape index (κ1) is 20.8. The molecule has 0 radical (unpaired) electrons. The van der Waals surface area contributed by atoms with Crippen LogP contribution in [0.15, 0.2) is 60.8 Å². The molecule has 3 N–H and O–H groups in total. The standard InChI is InChI=1S/C23H21ClN4O3/c24-17-6-2-1-5-15(17)12-21(29)16-11-19(26-13-16)23(31)27-18-7-3-4-8-20(18)28-10-9-25-14-22(28)30/h1-8,11,13,25-26H,9-10,12,14H2,(H,27,31). The Balaban J connectivity index is 1.48. The number of aromatic amines is 1. The smallest absolute Gasteiger partial charge is 0.272 e. The molecule has 8 heteroatoms. The third kappa shape index (κ3) is 4.68. The van der Waals surface area contributed by atoms with Crippen LogP contribution in [0.3, 0.4) is 0 Å². The van der Waals surface area contributed by atoms with E-state index in [-0.39, 0.29) is 30.3 Å². The van der Waals surface area contributed by atoms with Gasteiger partial charge < -0.3 is 20.5 Å². The fourth-order valence-electron chi connectivity index (χ4n) is 3.47. The number of carbonyl (C=O) groups is 3. The summed E-state index contributed by atoms with van der Waals surface area (Å²) in [7, 11) is 0. The second-order valence-electron chi connectivity index (χ2n) is 7.19. The zero-order valence-corrected chi connectivity index (χ0v) is 17.4. The number of amides is 2. The molecule has 3 aromatic rings. The van der Waals surface area contributed by atoms with E-state index in [2.05, 4.69) is 15.6 Å². The van der Waals surface area contributed by atoms with E-state index in [9.17, 15) is 14.4 Å². The van der Waals surface area contributed by atoms with Crippen LogP contribution >= 0.6 is 11.6 Å². The maximum atomic E-state index is 12.8. The van der Waals surface area contributed by atoms with E-state index in [1.807, 2.05) is 12.1 Å². The van der Waals surface area contributed by atoms with Gasteiger partial charge in [-0.1, -0.05) is 41.9 Å². The van der Waals surface area contributed by atoms with Crippen LogP contribution in [0.1, 0.15) is 26.4 Å². The van der Waals surface area contributed by atoms with Crippen LogP contribution in [0.25, 0.3) is 0 Å². The summed E-state index contributed by atoms with van der Waals surface area (Å²) >= 11 is 6.13. The topological polar surface area (TPSA) is 94.3 Å². The van der Waals surface area contributed by atoms with Crippen molar-refractivity contribution in [1.82, 2.24) is 10.3 Å². The monoisotopic (exact) mass is 436 g/mol. The van der Waals surface area contributed by atoms with Gasteiger partial charge in [-0.25, -0.2) is 0 Å². The number of hydrogen-bond donors (Lipinski definition) is 3. The fraction of sp³-hybridized carbons (Fsp3) is 0.174. The minimum Gasteiger partial charge on any atom is -0.356 e. The lowest BCUT2D eigenvalue weighted by Gasteiger charge is -2.29. The highest BCUT2D eigenvalue weighted by Gasteiger charge is 2.23. The normalized spacial score (nSPS) is 13.8. The Labute approximate surface area is 184 Å². The molecule has 0 unspecified atom stereocenters. The van der Waals surface area contributed by atoms with Crippen molar-refractivity contribution < 1.29 is 14.4 Å². The summed E-state index contributed by atoms with van der Waals surface area (Å²) < 4.78 is 0. The molecule has 0 bridgehead atoms. The van der Waals surface area contributed by atoms with E-state index in [1.54, 1.807) is 41.3 Å². The molecule has 1 aliphatic rings. The first-order chi connectivity index (χ1) is 15.0. The van der Waals surface area contributed by atoms with E-state index < -0.39 is 5.91 Å². The lowest BCUT2D eigenvalue weighted by molar-refractivity contribution is -0.118. The molecular formula is C23H21ClN4O3. The summed E-state index contributed by atoms with van der Waals surface area (Å²) in [5, 5.41) is 6.40. The highest BCUT2D eigenvalue weighted by Crippen LogP contribution is 2.27. The van der Waals surface area contributed by atoms with Gasteiger partial charge in [-0.3, -0.25) is 14.4 Å². The highest BCUT2D eigenvalue weighted by molar-refractivity contribution is 6.31. The largest absolute Gasteiger partial charge is 0.356 e. The predicted octanol–water partition coefficient (Wildman–Crippen LogP) is 3.28. The Morgan fingerprint density at radius 1 is 1.10 bits per heavy atom. The number of nitrogens with zero attached hydrogens (tertiary/aromatic N) is 1. The number of rotatable bonds is 6. The number of H-pyrrole nitrogens is 1. The molecule has 31 heavy (non-hydrogen) atoms. The van der Waals surface area contributed by atoms with Crippen LogP contribution in [0.5, 0.6) is 0 Å². The number of Topliss-reactive ketones (excluding diaryl/α,β-unsaturated/α-hetero) is 1. The molecule has 158 valence electrons. The highest BCUT2D eigenvalue weighted by atomic mass is 35.5. The quantitative estimate of drug-likeness (QED) is 0.517. The number of carbonyl (C=O) groups excluding carboxylic acids is 3. The van der Waals surface area contributed by atoms with E-state index in [0.717, 1.165) is 5.56 Å². The Kier molecular flexibility index (Phi) is 6.16. The predicted molar refractivity (Wildman–Crippen MR) is 120 cm³/mol. The van der Waals surface area contributed by atoms with Crippen LogP contribution in [0.4, 0.5) is 11.4 Å².